The summed E-state index contributed by atoms with van der Waals surface area (Å²) in [6.45, 7) is 5.36. The maximum Gasteiger partial charge on any atom is 0.412 e. The number of hydrogen-bond donors (Lipinski definition) is 3. The Morgan fingerprint density at radius 3 is 2.52 bits per heavy atom. The fourth-order valence-corrected chi connectivity index (χ4v) is 4.57. The Balaban J connectivity index is 1.65. The SMILES string of the molecule is CC(C)(C)OC(=O)Nc1sc2c(c1C(=O)O)CC(NC(=O)OCc1ccccc1)CC2. The van der Waals surface area contributed by atoms with Gasteiger partial charge in [-0.1, -0.05) is 30.3 Å². The molecular formula is C22H26N2O6S. The second-order valence-electron chi connectivity index (χ2n) is 8.29. The molecule has 3 rings (SSSR count). The third kappa shape index (κ3) is 6.21. The van der Waals surface area contributed by atoms with Crippen LogP contribution in [0, 0.1) is 0 Å². The average molecular weight is 447 g/mol. The van der Waals surface area contributed by atoms with Crippen LogP contribution in [0.4, 0.5) is 14.6 Å². The summed E-state index contributed by atoms with van der Waals surface area (Å²) in [4.78, 5) is 37.1. The van der Waals surface area contributed by atoms with Crippen LogP contribution in [-0.2, 0) is 28.9 Å². The minimum Gasteiger partial charge on any atom is -0.478 e. The summed E-state index contributed by atoms with van der Waals surface area (Å²) < 4.78 is 10.5. The van der Waals surface area contributed by atoms with Gasteiger partial charge in [0.1, 0.15) is 17.2 Å². The lowest BCUT2D eigenvalue weighted by atomic mass is 9.91. The van der Waals surface area contributed by atoms with E-state index in [0.717, 1.165) is 10.4 Å². The molecule has 1 aromatic heterocycles. The maximum absolute atomic E-state index is 12.2. The van der Waals surface area contributed by atoms with Gasteiger partial charge in [0.05, 0.1) is 5.56 Å². The van der Waals surface area contributed by atoms with E-state index >= 15 is 0 Å². The number of aromatic carboxylic acids is 1. The molecule has 8 nitrogen and oxygen atoms in total. The fourth-order valence-electron chi connectivity index (χ4n) is 3.35. The molecule has 2 aromatic rings. The molecule has 31 heavy (non-hydrogen) atoms. The van der Waals surface area contributed by atoms with Crippen LogP contribution >= 0.6 is 11.3 Å². The molecule has 0 fully saturated rings. The Morgan fingerprint density at radius 2 is 1.87 bits per heavy atom. The number of carbonyl (C=O) groups is 3. The number of benzene rings is 1. The van der Waals surface area contributed by atoms with Gasteiger partial charge in [-0.25, -0.2) is 14.4 Å². The number of carboxylic acid groups (broad SMARTS) is 1. The van der Waals surface area contributed by atoms with Crippen molar-refractivity contribution in [3.63, 3.8) is 0 Å². The molecule has 1 aliphatic carbocycles. The highest BCUT2D eigenvalue weighted by atomic mass is 32.1. The summed E-state index contributed by atoms with van der Waals surface area (Å²) in [7, 11) is 0. The molecule has 3 N–H and O–H groups in total. The maximum atomic E-state index is 12.2. The van der Waals surface area contributed by atoms with Crippen molar-refractivity contribution in [3.8, 4) is 0 Å². The van der Waals surface area contributed by atoms with E-state index in [0.29, 0.717) is 24.8 Å². The van der Waals surface area contributed by atoms with Gasteiger partial charge in [0.15, 0.2) is 0 Å². The first-order chi connectivity index (χ1) is 14.6. The van der Waals surface area contributed by atoms with Crippen molar-refractivity contribution >= 4 is 34.5 Å². The van der Waals surface area contributed by atoms with Crippen LogP contribution in [0.3, 0.4) is 0 Å². The van der Waals surface area contributed by atoms with E-state index in [-0.39, 0.29) is 23.2 Å². The van der Waals surface area contributed by atoms with Gasteiger partial charge in [-0.2, -0.15) is 0 Å². The van der Waals surface area contributed by atoms with Gasteiger partial charge in [-0.3, -0.25) is 5.32 Å². The van der Waals surface area contributed by atoms with E-state index in [4.69, 9.17) is 9.47 Å². The lowest BCUT2D eigenvalue weighted by Crippen LogP contribution is -2.39. The van der Waals surface area contributed by atoms with E-state index in [2.05, 4.69) is 10.6 Å². The molecule has 0 aliphatic heterocycles. The molecule has 2 amide bonds. The molecule has 1 unspecified atom stereocenters. The molecule has 1 aromatic carbocycles. The Bertz CT molecular complexity index is 964. The van der Waals surface area contributed by atoms with E-state index in [1.807, 2.05) is 30.3 Å². The number of fused-ring (bicyclic) bond motifs is 1. The monoisotopic (exact) mass is 446 g/mol. The topological polar surface area (TPSA) is 114 Å². The zero-order valence-electron chi connectivity index (χ0n) is 17.7. The second-order valence-corrected chi connectivity index (χ2v) is 9.39. The van der Waals surface area contributed by atoms with Crippen LogP contribution in [0.2, 0.25) is 0 Å². The number of nitrogens with one attached hydrogen (secondary N) is 2. The molecular weight excluding hydrogens is 420 g/mol. The number of hydrogen-bond acceptors (Lipinski definition) is 6. The number of rotatable bonds is 5. The first kappa shape index (κ1) is 22.6. The van der Waals surface area contributed by atoms with Crippen molar-refractivity contribution in [2.45, 2.75) is 58.3 Å². The summed E-state index contributed by atoms with van der Waals surface area (Å²) in [6, 6.07) is 9.10. The second kappa shape index (κ2) is 9.38. The van der Waals surface area contributed by atoms with Crippen LogP contribution in [0.1, 0.15) is 53.6 Å². The molecule has 9 heteroatoms. The van der Waals surface area contributed by atoms with E-state index in [1.165, 1.54) is 11.3 Å². The predicted molar refractivity (Wildman–Crippen MR) is 117 cm³/mol. The van der Waals surface area contributed by atoms with Gasteiger partial charge in [-0.05, 0) is 51.2 Å². The Kier molecular flexibility index (Phi) is 6.84. The molecule has 0 radical (unpaired) electrons. The Hall–Kier alpha value is -3.07. The van der Waals surface area contributed by atoms with Crippen molar-refractivity contribution in [1.29, 1.82) is 0 Å². The van der Waals surface area contributed by atoms with E-state index in [9.17, 15) is 19.5 Å². The summed E-state index contributed by atoms with van der Waals surface area (Å²) in [5.74, 6) is -1.13. The first-order valence-corrected chi connectivity index (χ1v) is 10.8. The number of alkyl carbamates (subject to hydrolysis) is 1. The number of carbonyl (C=O) groups excluding carboxylic acids is 2. The third-order valence-electron chi connectivity index (χ3n) is 4.62. The van der Waals surface area contributed by atoms with Gasteiger partial charge >= 0.3 is 18.2 Å². The molecule has 0 bridgehead atoms. The normalized spacial score (nSPS) is 15.5. The highest BCUT2D eigenvalue weighted by molar-refractivity contribution is 7.17. The number of carboxylic acids is 1. The van der Waals surface area contributed by atoms with Crippen LogP contribution in [-0.4, -0.2) is 34.9 Å². The largest absolute Gasteiger partial charge is 0.478 e. The van der Waals surface area contributed by atoms with Gasteiger partial charge in [0.25, 0.3) is 0 Å². The smallest absolute Gasteiger partial charge is 0.412 e. The summed E-state index contributed by atoms with van der Waals surface area (Å²) >= 11 is 1.24. The van der Waals surface area contributed by atoms with Crippen molar-refractivity contribution < 1.29 is 29.0 Å². The lowest BCUT2D eigenvalue weighted by Gasteiger charge is -2.23. The van der Waals surface area contributed by atoms with E-state index < -0.39 is 23.8 Å². The lowest BCUT2D eigenvalue weighted by molar-refractivity contribution is 0.0636. The van der Waals surface area contributed by atoms with Crippen molar-refractivity contribution in [2.75, 3.05) is 5.32 Å². The van der Waals surface area contributed by atoms with Crippen LogP contribution < -0.4 is 10.6 Å². The highest BCUT2D eigenvalue weighted by Crippen LogP contribution is 2.38. The molecule has 1 heterocycles. The fraction of sp³-hybridized carbons (Fsp3) is 0.409. The molecule has 1 atom stereocenters. The number of anilines is 1. The van der Waals surface area contributed by atoms with Crippen molar-refractivity contribution in [3.05, 3.63) is 51.9 Å². The van der Waals surface area contributed by atoms with Crippen LogP contribution in [0.5, 0.6) is 0 Å². The summed E-state index contributed by atoms with van der Waals surface area (Å²) in [5, 5.41) is 15.4. The number of ether oxygens (including phenoxy) is 2. The minimum absolute atomic E-state index is 0.0509. The number of thiophene rings is 1. The molecule has 0 saturated carbocycles. The molecule has 0 saturated heterocycles. The zero-order chi connectivity index (χ0) is 22.6. The standard InChI is InChI=1S/C22H26N2O6S/c1-22(2,3)30-21(28)24-18-17(19(25)26)15-11-14(9-10-16(15)31-18)23-20(27)29-12-13-7-5-4-6-8-13/h4-8,14H,9-12H2,1-3H3,(H,23,27)(H,24,28)(H,25,26). The quantitative estimate of drug-likeness (QED) is 0.620. The van der Waals surface area contributed by atoms with Gasteiger partial charge in [-0.15, -0.1) is 11.3 Å². The van der Waals surface area contributed by atoms with Crippen molar-refractivity contribution in [2.24, 2.45) is 0 Å². The third-order valence-corrected chi connectivity index (χ3v) is 5.83. The predicted octanol–water partition coefficient (Wildman–Crippen LogP) is 4.58. The summed E-state index contributed by atoms with van der Waals surface area (Å²) in [6.07, 6.45) is 0.354. The first-order valence-electron chi connectivity index (χ1n) is 9.97. The Labute approximate surface area is 184 Å². The van der Waals surface area contributed by atoms with Crippen LogP contribution in [0.15, 0.2) is 30.3 Å². The number of aryl methyl sites for hydroxylation is 1. The molecule has 0 spiro atoms. The van der Waals surface area contributed by atoms with E-state index in [1.54, 1.807) is 20.8 Å². The summed E-state index contributed by atoms with van der Waals surface area (Å²) in [5.41, 5.74) is 0.866. The molecule has 166 valence electrons. The Morgan fingerprint density at radius 1 is 1.16 bits per heavy atom. The van der Waals surface area contributed by atoms with Gasteiger partial charge in [0, 0.05) is 10.9 Å². The number of amides is 2. The zero-order valence-corrected chi connectivity index (χ0v) is 18.5. The van der Waals surface area contributed by atoms with Crippen LogP contribution in [0.25, 0.3) is 0 Å². The van der Waals surface area contributed by atoms with Gasteiger partial charge < -0.3 is 19.9 Å². The highest BCUT2D eigenvalue weighted by Gasteiger charge is 2.31. The average Bonchev–Trinajstić information content (AvgIpc) is 3.02. The molecule has 1 aliphatic rings. The van der Waals surface area contributed by atoms with Gasteiger partial charge in [0.2, 0.25) is 0 Å². The van der Waals surface area contributed by atoms with Crippen molar-refractivity contribution in [1.82, 2.24) is 5.32 Å². The minimum atomic E-state index is -1.13.